The fourth-order valence-electron chi connectivity index (χ4n) is 4.77. The van der Waals surface area contributed by atoms with Crippen molar-refractivity contribution in [2.24, 2.45) is 0 Å². The Bertz CT molecular complexity index is 1420. The molecule has 2 N–H and O–H groups in total. The SMILES string of the molecule is CC(C)(C)c1cnc(C(=O)N[C@@H]2CN(C(=O)c3cccn4cncc34)CC[C@H]2c2cccc(Cl)c2)[nH]1. The molecule has 5 rings (SSSR count). The summed E-state index contributed by atoms with van der Waals surface area (Å²) in [5, 5.41) is 3.79. The summed E-state index contributed by atoms with van der Waals surface area (Å²) in [4.78, 5) is 40.2. The van der Waals surface area contributed by atoms with Crippen LogP contribution in [0, 0.1) is 0 Å². The summed E-state index contributed by atoms with van der Waals surface area (Å²) >= 11 is 6.29. The van der Waals surface area contributed by atoms with Crippen LogP contribution >= 0.6 is 11.6 Å². The smallest absolute Gasteiger partial charge is 0.287 e. The summed E-state index contributed by atoms with van der Waals surface area (Å²) in [6, 6.07) is 11.0. The van der Waals surface area contributed by atoms with Crippen LogP contribution in [0.4, 0.5) is 0 Å². The molecule has 4 heterocycles. The average Bonchev–Trinajstić information content (AvgIpc) is 3.53. The van der Waals surface area contributed by atoms with Gasteiger partial charge in [-0.3, -0.25) is 9.59 Å². The number of hydrogen-bond acceptors (Lipinski definition) is 4. The number of imidazole rings is 2. The molecule has 3 aromatic heterocycles. The van der Waals surface area contributed by atoms with Crippen molar-refractivity contribution in [1.82, 2.24) is 29.6 Å². The number of benzene rings is 1. The van der Waals surface area contributed by atoms with Crippen LogP contribution in [0.25, 0.3) is 5.52 Å². The molecule has 1 aromatic carbocycles. The Morgan fingerprint density at radius 3 is 2.75 bits per heavy atom. The summed E-state index contributed by atoms with van der Waals surface area (Å²) in [6.45, 7) is 7.10. The first-order chi connectivity index (χ1) is 17.2. The highest BCUT2D eigenvalue weighted by molar-refractivity contribution is 6.30. The van der Waals surface area contributed by atoms with Crippen LogP contribution in [0.5, 0.6) is 0 Å². The highest BCUT2D eigenvalue weighted by Gasteiger charge is 2.35. The number of nitrogens with zero attached hydrogens (tertiary/aromatic N) is 4. The van der Waals surface area contributed by atoms with Gasteiger partial charge in [-0.15, -0.1) is 0 Å². The van der Waals surface area contributed by atoms with Gasteiger partial charge in [0.2, 0.25) is 0 Å². The summed E-state index contributed by atoms with van der Waals surface area (Å²) in [6.07, 6.45) is 7.62. The first-order valence-electron chi connectivity index (χ1n) is 12.0. The molecule has 0 saturated carbocycles. The highest BCUT2D eigenvalue weighted by atomic mass is 35.5. The van der Waals surface area contributed by atoms with Crippen LogP contribution in [0.1, 0.15) is 65.3 Å². The molecule has 0 spiro atoms. The predicted molar refractivity (Wildman–Crippen MR) is 138 cm³/mol. The van der Waals surface area contributed by atoms with Crippen molar-refractivity contribution in [2.45, 2.75) is 44.6 Å². The number of halogens is 1. The molecule has 1 fully saturated rings. The molecule has 4 aromatic rings. The molecule has 0 aliphatic carbocycles. The maximum Gasteiger partial charge on any atom is 0.287 e. The molecule has 1 aliphatic heterocycles. The van der Waals surface area contributed by atoms with Crippen LogP contribution in [0.15, 0.2) is 61.3 Å². The molecule has 2 amide bonds. The van der Waals surface area contributed by atoms with Crippen molar-refractivity contribution in [1.29, 1.82) is 0 Å². The van der Waals surface area contributed by atoms with Crippen molar-refractivity contribution >= 4 is 28.9 Å². The number of piperidine rings is 1. The number of aromatic amines is 1. The number of pyridine rings is 1. The van der Waals surface area contributed by atoms with E-state index in [0.717, 1.165) is 16.8 Å². The Labute approximate surface area is 214 Å². The lowest BCUT2D eigenvalue weighted by molar-refractivity contribution is 0.0655. The molecule has 36 heavy (non-hydrogen) atoms. The lowest BCUT2D eigenvalue weighted by atomic mass is 9.85. The van der Waals surface area contributed by atoms with Gasteiger partial charge in [-0.2, -0.15) is 0 Å². The number of H-pyrrole nitrogens is 1. The van der Waals surface area contributed by atoms with E-state index in [4.69, 9.17) is 11.6 Å². The van der Waals surface area contributed by atoms with Crippen molar-refractivity contribution in [3.63, 3.8) is 0 Å². The summed E-state index contributed by atoms with van der Waals surface area (Å²) < 4.78 is 1.83. The Morgan fingerprint density at radius 2 is 2.00 bits per heavy atom. The Kier molecular flexibility index (Phi) is 6.30. The van der Waals surface area contributed by atoms with Crippen LogP contribution in [0.2, 0.25) is 5.02 Å². The van der Waals surface area contributed by atoms with Gasteiger partial charge in [0.1, 0.15) is 0 Å². The normalized spacial score (nSPS) is 18.4. The van der Waals surface area contributed by atoms with E-state index in [-0.39, 0.29) is 35.0 Å². The van der Waals surface area contributed by atoms with Gasteiger partial charge in [-0.1, -0.05) is 44.5 Å². The zero-order valence-corrected chi connectivity index (χ0v) is 21.3. The Morgan fingerprint density at radius 1 is 1.17 bits per heavy atom. The molecule has 2 atom stereocenters. The maximum atomic E-state index is 13.6. The van der Waals surface area contributed by atoms with E-state index in [1.807, 2.05) is 47.0 Å². The van der Waals surface area contributed by atoms with E-state index in [0.29, 0.717) is 30.1 Å². The predicted octanol–water partition coefficient (Wildman–Crippen LogP) is 4.44. The third-order valence-corrected chi connectivity index (χ3v) is 7.01. The Balaban J connectivity index is 1.42. The van der Waals surface area contributed by atoms with Gasteiger partial charge in [0.15, 0.2) is 5.82 Å². The molecule has 0 unspecified atom stereocenters. The average molecular weight is 505 g/mol. The minimum atomic E-state index is -0.318. The molecular formula is C27H29ClN6O2. The van der Waals surface area contributed by atoms with Gasteiger partial charge in [0.25, 0.3) is 11.8 Å². The van der Waals surface area contributed by atoms with Gasteiger partial charge < -0.3 is 19.6 Å². The number of aromatic nitrogens is 4. The number of fused-ring (bicyclic) bond motifs is 1. The largest absolute Gasteiger partial charge is 0.344 e. The van der Waals surface area contributed by atoms with Crippen molar-refractivity contribution < 1.29 is 9.59 Å². The van der Waals surface area contributed by atoms with Gasteiger partial charge in [-0.25, -0.2) is 9.97 Å². The van der Waals surface area contributed by atoms with E-state index >= 15 is 0 Å². The zero-order chi connectivity index (χ0) is 25.4. The van der Waals surface area contributed by atoms with E-state index in [9.17, 15) is 9.59 Å². The van der Waals surface area contributed by atoms with E-state index in [1.54, 1.807) is 23.6 Å². The molecule has 186 valence electrons. The third-order valence-electron chi connectivity index (χ3n) is 6.77. The number of likely N-dealkylation sites (tertiary alicyclic amines) is 1. The van der Waals surface area contributed by atoms with E-state index < -0.39 is 0 Å². The van der Waals surface area contributed by atoms with Gasteiger partial charge >= 0.3 is 0 Å². The highest BCUT2D eigenvalue weighted by Crippen LogP contribution is 2.31. The number of amides is 2. The van der Waals surface area contributed by atoms with Gasteiger partial charge in [-0.05, 0) is 36.2 Å². The monoisotopic (exact) mass is 504 g/mol. The number of carbonyl (C=O) groups is 2. The van der Waals surface area contributed by atoms with Crippen LogP contribution in [-0.4, -0.2) is 55.2 Å². The number of hydrogen-bond donors (Lipinski definition) is 2. The number of carbonyl (C=O) groups excluding carboxylic acids is 2. The van der Waals surface area contributed by atoms with E-state index in [2.05, 4.69) is 41.0 Å². The molecule has 1 saturated heterocycles. The van der Waals surface area contributed by atoms with Gasteiger partial charge in [0, 0.05) is 47.5 Å². The summed E-state index contributed by atoms with van der Waals surface area (Å²) in [5.74, 6) is -0.121. The van der Waals surface area contributed by atoms with Crippen molar-refractivity contribution in [3.05, 3.63) is 89.0 Å². The molecule has 0 bridgehead atoms. The lowest BCUT2D eigenvalue weighted by Crippen LogP contribution is -2.53. The minimum Gasteiger partial charge on any atom is -0.344 e. The van der Waals surface area contributed by atoms with Crippen molar-refractivity contribution in [2.75, 3.05) is 13.1 Å². The molecule has 0 radical (unpaired) electrons. The first-order valence-corrected chi connectivity index (χ1v) is 12.4. The molecule has 8 nitrogen and oxygen atoms in total. The zero-order valence-electron chi connectivity index (χ0n) is 20.5. The number of nitrogens with one attached hydrogen (secondary N) is 2. The topological polar surface area (TPSA) is 95.4 Å². The lowest BCUT2D eigenvalue weighted by Gasteiger charge is -2.39. The molecule has 9 heteroatoms. The maximum absolute atomic E-state index is 13.6. The second kappa shape index (κ2) is 9.43. The van der Waals surface area contributed by atoms with Crippen molar-refractivity contribution in [3.8, 4) is 0 Å². The van der Waals surface area contributed by atoms with Crippen LogP contribution in [-0.2, 0) is 5.41 Å². The standard InChI is InChI=1S/C27H29ClN6O2/c1-27(2,3)23-14-30-24(32-23)25(35)31-21-15-33(11-9-19(21)17-6-4-7-18(28)12-17)26(36)20-8-5-10-34-16-29-13-22(20)34/h4-8,10,12-14,16,19,21H,9,11,15H2,1-3H3,(H,30,32)(H,31,35)/t19-,21+/m0/s1. The summed E-state index contributed by atoms with van der Waals surface area (Å²) in [5.41, 5.74) is 3.10. The summed E-state index contributed by atoms with van der Waals surface area (Å²) in [7, 11) is 0. The fourth-order valence-corrected chi connectivity index (χ4v) is 4.97. The number of rotatable bonds is 4. The minimum absolute atomic E-state index is 0.000456. The second-order valence-electron chi connectivity index (χ2n) is 10.3. The van der Waals surface area contributed by atoms with E-state index in [1.165, 1.54) is 0 Å². The first kappa shape index (κ1) is 24.1. The van der Waals surface area contributed by atoms with Gasteiger partial charge in [0.05, 0.1) is 29.6 Å². The van der Waals surface area contributed by atoms with Crippen LogP contribution < -0.4 is 5.32 Å². The van der Waals surface area contributed by atoms with Crippen LogP contribution in [0.3, 0.4) is 0 Å². The quantitative estimate of drug-likeness (QED) is 0.429. The molecule has 1 aliphatic rings. The third kappa shape index (κ3) is 4.73. The second-order valence-corrected chi connectivity index (χ2v) is 10.7. The molecular weight excluding hydrogens is 476 g/mol. The fraction of sp³-hybridized carbons (Fsp3) is 0.333. The Hall–Kier alpha value is -3.65.